The highest BCUT2D eigenvalue weighted by Gasteiger charge is 2.11. The molecule has 0 aromatic heterocycles. The van der Waals surface area contributed by atoms with Gasteiger partial charge in [0, 0.05) is 11.8 Å². The fraction of sp³-hybridized carbons (Fsp3) is 0.0870. The maximum Gasteiger partial charge on any atom is 0.330 e. The number of nitrogens with two attached hydrogens (primary N) is 1. The first kappa shape index (κ1) is 21.1. The molecule has 148 valence electrons. The van der Waals surface area contributed by atoms with Gasteiger partial charge in [-0.05, 0) is 97.9 Å². The molecule has 6 heteroatoms. The molecule has 0 amide bonds. The number of carbonyl (C=O) groups excluding carboxylic acids is 1. The minimum absolute atomic E-state index is 0.346. The molecule has 0 radical (unpaired) electrons. The zero-order valence-corrected chi connectivity index (χ0v) is 18.9. The van der Waals surface area contributed by atoms with Crippen LogP contribution in [0, 0.1) is 0 Å². The third kappa shape index (κ3) is 5.71. The van der Waals surface area contributed by atoms with Crippen LogP contribution < -0.4 is 10.5 Å². The molecule has 0 aliphatic rings. The van der Waals surface area contributed by atoms with Crippen molar-refractivity contribution in [3.63, 3.8) is 0 Å². The predicted octanol–water partition coefficient (Wildman–Crippen LogP) is 6.83. The molecular weight excluding hydrogens is 498 g/mol. The lowest BCUT2D eigenvalue weighted by atomic mass is 10.0. The fourth-order valence-corrected chi connectivity index (χ4v) is 3.97. The van der Waals surface area contributed by atoms with Crippen molar-refractivity contribution in [1.29, 1.82) is 0 Å². The molecule has 29 heavy (non-hydrogen) atoms. The van der Waals surface area contributed by atoms with Crippen LogP contribution in [0.3, 0.4) is 0 Å². The number of hydrogen-bond donors (Lipinski definition) is 1. The normalized spacial score (nSPS) is 10.9. The molecule has 2 N–H and O–H groups in total. The third-order valence-corrected chi connectivity index (χ3v) is 5.22. The van der Waals surface area contributed by atoms with Gasteiger partial charge < -0.3 is 15.2 Å². The number of esters is 1. The van der Waals surface area contributed by atoms with Crippen molar-refractivity contribution in [2.75, 3.05) is 12.3 Å². The molecule has 0 bridgehead atoms. The summed E-state index contributed by atoms with van der Waals surface area (Å²) >= 11 is 7.19. The van der Waals surface area contributed by atoms with Crippen LogP contribution in [0.25, 0.3) is 17.2 Å². The summed E-state index contributed by atoms with van der Waals surface area (Å²) in [7, 11) is 0. The number of halogens is 2. The van der Waals surface area contributed by atoms with Crippen molar-refractivity contribution in [1.82, 2.24) is 0 Å². The molecule has 3 rings (SSSR count). The molecule has 0 aliphatic heterocycles. The van der Waals surface area contributed by atoms with E-state index in [1.165, 1.54) is 6.08 Å². The molecule has 0 atom stereocenters. The van der Waals surface area contributed by atoms with Crippen molar-refractivity contribution in [2.24, 2.45) is 0 Å². The van der Waals surface area contributed by atoms with Crippen LogP contribution in [0.4, 0.5) is 5.69 Å². The summed E-state index contributed by atoms with van der Waals surface area (Å²) in [5, 5.41) is 0. The summed E-state index contributed by atoms with van der Waals surface area (Å²) in [6, 6.07) is 19.1. The summed E-state index contributed by atoms with van der Waals surface area (Å²) in [6.45, 7) is 2.15. The molecule has 3 aromatic carbocycles. The van der Waals surface area contributed by atoms with Gasteiger partial charge in [0.1, 0.15) is 5.75 Å². The number of benzene rings is 3. The lowest BCUT2D eigenvalue weighted by Crippen LogP contribution is -1.98. The second kappa shape index (κ2) is 9.76. The Hall–Kier alpha value is -2.57. The fourth-order valence-electron chi connectivity index (χ4n) is 2.62. The van der Waals surface area contributed by atoms with E-state index in [-0.39, 0.29) is 5.97 Å². The smallest absolute Gasteiger partial charge is 0.330 e. The lowest BCUT2D eigenvalue weighted by Gasteiger charge is -2.12. The van der Waals surface area contributed by atoms with Gasteiger partial charge in [0.2, 0.25) is 0 Å². The van der Waals surface area contributed by atoms with Gasteiger partial charge in [0.05, 0.1) is 15.6 Å². The van der Waals surface area contributed by atoms with Crippen LogP contribution >= 0.6 is 31.9 Å². The maximum atomic E-state index is 11.4. The van der Waals surface area contributed by atoms with E-state index in [0.29, 0.717) is 23.8 Å². The second-order valence-corrected chi connectivity index (χ2v) is 7.86. The topological polar surface area (TPSA) is 61.5 Å². The molecule has 3 aromatic rings. The highest BCUT2D eigenvalue weighted by atomic mass is 79.9. The van der Waals surface area contributed by atoms with Crippen molar-refractivity contribution in [3.8, 4) is 22.6 Å². The Labute approximate surface area is 186 Å². The first-order chi connectivity index (χ1) is 14.0. The Morgan fingerprint density at radius 3 is 2.17 bits per heavy atom. The zero-order valence-electron chi connectivity index (χ0n) is 15.7. The molecule has 4 nitrogen and oxygen atoms in total. The summed E-state index contributed by atoms with van der Waals surface area (Å²) in [6.07, 6.45) is 3.16. The van der Waals surface area contributed by atoms with Crippen LogP contribution in [0.1, 0.15) is 12.5 Å². The minimum atomic E-state index is -0.346. The molecule has 0 fully saturated rings. The second-order valence-electron chi connectivity index (χ2n) is 6.15. The minimum Gasteiger partial charge on any atom is -0.463 e. The highest BCUT2D eigenvalue weighted by molar-refractivity contribution is 9.11. The Morgan fingerprint density at radius 1 is 0.966 bits per heavy atom. The number of carbonyl (C=O) groups is 1. The van der Waals surface area contributed by atoms with Crippen molar-refractivity contribution >= 4 is 49.6 Å². The number of hydrogen-bond acceptors (Lipinski definition) is 4. The predicted molar refractivity (Wildman–Crippen MR) is 124 cm³/mol. The van der Waals surface area contributed by atoms with Gasteiger partial charge in [-0.2, -0.15) is 0 Å². The van der Waals surface area contributed by atoms with Crippen LogP contribution in [0.5, 0.6) is 11.5 Å². The third-order valence-electron chi connectivity index (χ3n) is 4.04. The number of ether oxygens (including phenoxy) is 2. The lowest BCUT2D eigenvalue weighted by molar-refractivity contribution is -0.137. The summed E-state index contributed by atoms with van der Waals surface area (Å²) in [5.74, 6) is 1.04. The monoisotopic (exact) mass is 515 g/mol. The van der Waals surface area contributed by atoms with Gasteiger partial charge in [-0.3, -0.25) is 0 Å². The van der Waals surface area contributed by atoms with Gasteiger partial charge in [-0.25, -0.2) is 4.79 Å². The molecule has 0 unspecified atom stereocenters. The van der Waals surface area contributed by atoms with Gasteiger partial charge >= 0.3 is 5.97 Å². The summed E-state index contributed by atoms with van der Waals surface area (Å²) < 4.78 is 12.5. The standard InChI is InChI=1S/C23H19Br2NO3/c1-2-28-22(27)12-5-15-3-6-16(7-4-15)17-13-20(24)23(21(25)14-17)29-19-10-8-18(26)9-11-19/h3-14H,2,26H2,1H3. The Morgan fingerprint density at radius 2 is 1.59 bits per heavy atom. The Balaban J connectivity index is 1.79. The van der Waals surface area contributed by atoms with E-state index in [9.17, 15) is 4.79 Å². The van der Waals surface area contributed by atoms with E-state index < -0.39 is 0 Å². The molecule has 0 saturated heterocycles. The zero-order chi connectivity index (χ0) is 20.8. The van der Waals surface area contributed by atoms with Crippen LogP contribution in [-0.2, 0) is 9.53 Å². The maximum absolute atomic E-state index is 11.4. The van der Waals surface area contributed by atoms with E-state index in [2.05, 4.69) is 31.9 Å². The quantitative estimate of drug-likeness (QED) is 0.221. The van der Waals surface area contributed by atoms with E-state index in [1.807, 2.05) is 48.5 Å². The first-order valence-corrected chi connectivity index (χ1v) is 10.5. The number of nitrogen functional groups attached to an aromatic ring is 1. The van der Waals surface area contributed by atoms with E-state index in [0.717, 1.165) is 25.6 Å². The molecule has 0 heterocycles. The Kier molecular flexibility index (Phi) is 7.12. The molecule has 0 aliphatic carbocycles. The van der Waals surface area contributed by atoms with Crippen molar-refractivity contribution in [2.45, 2.75) is 6.92 Å². The molecule has 0 saturated carbocycles. The highest BCUT2D eigenvalue weighted by Crippen LogP contribution is 2.40. The Bertz CT molecular complexity index is 1010. The number of rotatable bonds is 6. The van der Waals surface area contributed by atoms with E-state index in [4.69, 9.17) is 15.2 Å². The summed E-state index contributed by atoms with van der Waals surface area (Å²) in [4.78, 5) is 11.4. The average molecular weight is 517 g/mol. The van der Waals surface area contributed by atoms with Crippen molar-refractivity contribution < 1.29 is 14.3 Å². The van der Waals surface area contributed by atoms with Crippen LogP contribution in [0.2, 0.25) is 0 Å². The molecular formula is C23H19Br2NO3. The summed E-state index contributed by atoms with van der Waals surface area (Å²) in [5.41, 5.74) is 9.39. The van der Waals surface area contributed by atoms with E-state index in [1.54, 1.807) is 25.1 Å². The van der Waals surface area contributed by atoms with Crippen molar-refractivity contribution in [3.05, 3.63) is 81.2 Å². The van der Waals surface area contributed by atoms with Gasteiger partial charge in [-0.1, -0.05) is 24.3 Å². The van der Waals surface area contributed by atoms with Gasteiger partial charge in [-0.15, -0.1) is 0 Å². The SMILES string of the molecule is CCOC(=O)C=Cc1ccc(-c2cc(Br)c(Oc3ccc(N)cc3)c(Br)c2)cc1. The molecule has 0 spiro atoms. The van der Waals surface area contributed by atoms with Gasteiger partial charge in [0.25, 0.3) is 0 Å². The van der Waals surface area contributed by atoms with Crippen LogP contribution in [0.15, 0.2) is 75.7 Å². The average Bonchev–Trinajstić information content (AvgIpc) is 2.71. The number of anilines is 1. The largest absolute Gasteiger partial charge is 0.463 e. The van der Waals surface area contributed by atoms with Crippen LogP contribution in [-0.4, -0.2) is 12.6 Å². The van der Waals surface area contributed by atoms with E-state index >= 15 is 0 Å². The first-order valence-electron chi connectivity index (χ1n) is 8.94. The van der Waals surface area contributed by atoms with Gasteiger partial charge in [0.15, 0.2) is 5.75 Å².